The molecule has 1 unspecified atom stereocenters. The lowest BCUT2D eigenvalue weighted by Crippen LogP contribution is -2.38. The molecular formula is C33H28F3O6P. The van der Waals surface area contributed by atoms with Gasteiger partial charge in [-0.3, -0.25) is 9.36 Å². The number of halogens is 3. The molecule has 0 radical (unpaired) electrons. The Labute approximate surface area is 247 Å². The Balaban J connectivity index is 1.81. The summed E-state index contributed by atoms with van der Waals surface area (Å²) in [5, 5.41) is 0. The van der Waals surface area contributed by atoms with Crippen molar-refractivity contribution in [1.29, 1.82) is 0 Å². The van der Waals surface area contributed by atoms with Gasteiger partial charge in [0.05, 0.1) is 24.3 Å². The molecule has 4 aromatic rings. The van der Waals surface area contributed by atoms with Crippen LogP contribution in [0, 0.1) is 5.82 Å². The number of benzene rings is 4. The van der Waals surface area contributed by atoms with Crippen LogP contribution in [0.1, 0.15) is 49.4 Å². The fourth-order valence-electron chi connectivity index (χ4n) is 4.87. The average Bonchev–Trinajstić information content (AvgIpc) is 3.05. The Hall–Kier alpha value is -4.30. The molecule has 10 heteroatoms. The first-order chi connectivity index (χ1) is 20.7. The molecular weight excluding hydrogens is 580 g/mol. The normalized spacial score (nSPS) is 13.0. The summed E-state index contributed by atoms with van der Waals surface area (Å²) in [6.07, 6.45) is 3.50. The number of hydrogen-bond donors (Lipinski definition) is 0. The molecule has 0 aromatic heterocycles. The van der Waals surface area contributed by atoms with Crippen molar-refractivity contribution in [1.82, 2.24) is 0 Å². The number of carbonyl (C=O) groups is 2. The second kappa shape index (κ2) is 14.2. The van der Waals surface area contributed by atoms with E-state index in [0.717, 1.165) is 5.56 Å². The van der Waals surface area contributed by atoms with Crippen LogP contribution in [0.3, 0.4) is 0 Å². The molecule has 4 aromatic carbocycles. The zero-order valence-electron chi connectivity index (χ0n) is 23.1. The Morgan fingerprint density at radius 2 is 1.37 bits per heavy atom. The van der Waals surface area contributed by atoms with E-state index in [0.29, 0.717) is 16.7 Å². The van der Waals surface area contributed by atoms with Gasteiger partial charge in [0.1, 0.15) is 5.82 Å². The van der Waals surface area contributed by atoms with Gasteiger partial charge in [0.2, 0.25) is 0 Å². The van der Waals surface area contributed by atoms with Crippen molar-refractivity contribution < 1.29 is 41.8 Å². The molecule has 4 rings (SSSR count). The molecule has 0 fully saturated rings. The van der Waals surface area contributed by atoms with Gasteiger partial charge in [-0.25, -0.2) is 9.18 Å². The summed E-state index contributed by atoms with van der Waals surface area (Å²) in [7, 11) is -3.32. The molecule has 0 aliphatic heterocycles. The topological polar surface area (TPSA) is 78.9 Å². The van der Waals surface area contributed by atoms with Gasteiger partial charge in [-0.05, 0) is 80.5 Å². The highest BCUT2D eigenvalue weighted by molar-refractivity contribution is 7.52. The van der Waals surface area contributed by atoms with E-state index in [2.05, 4.69) is 9.46 Å². The highest BCUT2D eigenvalue weighted by Crippen LogP contribution is 2.52. The SMILES string of the molecule is COC(=O)c1ccc(C(CC=Cc2ccccc2)(Cc2ccc(CP(=O)(OF)OF)cc2)C(=O)c2ccc(F)cc2)cc1. The lowest BCUT2D eigenvalue weighted by Gasteiger charge is -2.33. The second-order valence-electron chi connectivity index (χ2n) is 9.90. The van der Waals surface area contributed by atoms with Crippen LogP contribution in [-0.4, -0.2) is 18.9 Å². The van der Waals surface area contributed by atoms with Gasteiger partial charge in [0.25, 0.3) is 0 Å². The van der Waals surface area contributed by atoms with E-state index in [4.69, 9.17) is 4.74 Å². The predicted molar refractivity (Wildman–Crippen MR) is 156 cm³/mol. The van der Waals surface area contributed by atoms with Gasteiger partial charge >= 0.3 is 13.6 Å². The molecule has 43 heavy (non-hydrogen) atoms. The lowest BCUT2D eigenvalue weighted by atomic mass is 9.68. The maximum Gasteiger partial charge on any atom is 0.399 e. The Morgan fingerprint density at radius 3 is 1.95 bits per heavy atom. The maximum absolute atomic E-state index is 14.4. The minimum Gasteiger partial charge on any atom is -0.465 e. The summed E-state index contributed by atoms with van der Waals surface area (Å²) in [5.41, 5.74) is 1.81. The molecule has 222 valence electrons. The Morgan fingerprint density at radius 1 is 0.791 bits per heavy atom. The first-order valence-electron chi connectivity index (χ1n) is 13.2. The predicted octanol–water partition coefficient (Wildman–Crippen LogP) is 8.57. The third-order valence-electron chi connectivity index (χ3n) is 7.09. The van der Waals surface area contributed by atoms with Crippen LogP contribution in [0.5, 0.6) is 0 Å². The summed E-state index contributed by atoms with van der Waals surface area (Å²) in [4.78, 5) is 26.6. The number of allylic oxidation sites excluding steroid dienone is 1. The molecule has 0 aliphatic rings. The zero-order chi connectivity index (χ0) is 30.9. The number of methoxy groups -OCH3 is 1. The van der Waals surface area contributed by atoms with E-state index >= 15 is 0 Å². The smallest absolute Gasteiger partial charge is 0.399 e. The first-order valence-corrected chi connectivity index (χ1v) is 14.9. The molecule has 6 nitrogen and oxygen atoms in total. The molecule has 0 N–H and O–H groups in total. The fraction of sp³-hybridized carbons (Fsp3) is 0.152. The van der Waals surface area contributed by atoms with Gasteiger partial charge in [-0.15, -0.1) is 9.46 Å². The summed E-state index contributed by atoms with van der Waals surface area (Å²) in [6, 6.07) is 27.6. The summed E-state index contributed by atoms with van der Waals surface area (Å²) < 4.78 is 62.2. The van der Waals surface area contributed by atoms with E-state index in [1.165, 1.54) is 43.5 Å². The van der Waals surface area contributed by atoms with Crippen LogP contribution < -0.4 is 0 Å². The zero-order valence-corrected chi connectivity index (χ0v) is 24.0. The van der Waals surface area contributed by atoms with Crippen molar-refractivity contribution in [3.63, 3.8) is 0 Å². The molecule has 0 saturated carbocycles. The minimum absolute atomic E-state index is 0.150. The standard InChI is InChI=1S/C33H28F3O6P/c1-40-32(38)28-13-17-29(18-14-28)33(21-5-8-24-6-3-2-4-7-24,31(37)27-15-19-30(34)20-16-27)22-25-9-11-26(12-10-25)23-43(39,41-35)42-36/h2-20H,21-23H2,1H3. The molecule has 0 spiro atoms. The number of ether oxygens (including phenoxy) is 1. The second-order valence-corrected chi connectivity index (χ2v) is 11.7. The number of rotatable bonds is 13. The molecule has 0 bridgehead atoms. The Kier molecular flexibility index (Phi) is 10.5. The number of hydrogen-bond acceptors (Lipinski definition) is 6. The van der Waals surface area contributed by atoms with Crippen molar-refractivity contribution >= 4 is 25.4 Å². The quantitative estimate of drug-likeness (QED) is 0.0860. The van der Waals surface area contributed by atoms with Crippen molar-refractivity contribution in [2.45, 2.75) is 24.4 Å². The van der Waals surface area contributed by atoms with Crippen molar-refractivity contribution in [2.75, 3.05) is 7.11 Å². The summed E-state index contributed by atoms with van der Waals surface area (Å²) in [5.74, 6) is -1.31. The van der Waals surface area contributed by atoms with Crippen LogP contribution in [0.15, 0.2) is 109 Å². The summed E-state index contributed by atoms with van der Waals surface area (Å²) >= 11 is 0. The third kappa shape index (κ3) is 7.76. The van der Waals surface area contributed by atoms with Gasteiger partial charge in [-0.2, -0.15) is 0 Å². The van der Waals surface area contributed by atoms with E-state index in [9.17, 15) is 27.6 Å². The number of esters is 1. The van der Waals surface area contributed by atoms with Crippen LogP contribution in [0.4, 0.5) is 13.4 Å². The van der Waals surface area contributed by atoms with Crippen molar-refractivity contribution in [3.8, 4) is 0 Å². The Bertz CT molecular complexity index is 1600. The van der Waals surface area contributed by atoms with Gasteiger partial charge in [-0.1, -0.05) is 78.9 Å². The lowest BCUT2D eigenvalue weighted by molar-refractivity contribution is -0.0881. The highest BCUT2D eigenvalue weighted by Gasteiger charge is 2.40. The highest BCUT2D eigenvalue weighted by atomic mass is 31.2. The fourth-order valence-corrected chi connectivity index (χ4v) is 5.65. The average molecular weight is 609 g/mol. The maximum atomic E-state index is 14.4. The molecule has 0 heterocycles. The van der Waals surface area contributed by atoms with Crippen LogP contribution >= 0.6 is 7.60 Å². The van der Waals surface area contributed by atoms with Crippen molar-refractivity contribution in [3.05, 3.63) is 148 Å². The summed E-state index contributed by atoms with van der Waals surface area (Å²) in [6.45, 7) is 0. The van der Waals surface area contributed by atoms with Crippen molar-refractivity contribution in [2.24, 2.45) is 0 Å². The van der Waals surface area contributed by atoms with E-state index in [-0.39, 0.29) is 29.8 Å². The number of carbonyl (C=O) groups excluding carboxylic acids is 2. The van der Waals surface area contributed by atoms with Gasteiger partial charge < -0.3 is 4.74 Å². The van der Waals surface area contributed by atoms with E-state index in [1.54, 1.807) is 36.4 Å². The van der Waals surface area contributed by atoms with E-state index in [1.807, 2.05) is 42.5 Å². The first kappa shape index (κ1) is 31.6. The largest absolute Gasteiger partial charge is 0.465 e. The van der Waals surface area contributed by atoms with E-state index < -0.39 is 31.0 Å². The number of Topliss-reactive ketones (excluding diaryl/α,β-unsaturated/α-hetero) is 1. The van der Waals surface area contributed by atoms with Crippen LogP contribution in [0.2, 0.25) is 0 Å². The molecule has 0 amide bonds. The number of ketones is 1. The van der Waals surface area contributed by atoms with Crippen LogP contribution in [0.25, 0.3) is 6.08 Å². The van der Waals surface area contributed by atoms with Crippen LogP contribution in [-0.2, 0) is 36.8 Å². The molecule has 0 saturated heterocycles. The third-order valence-corrected chi connectivity index (χ3v) is 8.26. The molecule has 1 atom stereocenters. The minimum atomic E-state index is -4.59. The van der Waals surface area contributed by atoms with Gasteiger partial charge in [0, 0.05) is 5.56 Å². The monoisotopic (exact) mass is 608 g/mol. The molecule has 0 aliphatic carbocycles. The van der Waals surface area contributed by atoms with Gasteiger partial charge in [0.15, 0.2) is 5.78 Å².